The third-order valence-electron chi connectivity index (χ3n) is 3.44. The Balaban J connectivity index is 2.53. The summed E-state index contributed by atoms with van der Waals surface area (Å²) in [6.45, 7) is 0. The Morgan fingerprint density at radius 2 is 2.00 bits per heavy atom. The quantitative estimate of drug-likeness (QED) is 0.251. The van der Waals surface area contributed by atoms with Crippen molar-refractivity contribution in [2.75, 3.05) is 0 Å². The summed E-state index contributed by atoms with van der Waals surface area (Å²) < 4.78 is 13.9. The van der Waals surface area contributed by atoms with Gasteiger partial charge in [-0.3, -0.25) is 0 Å². The number of terminal acetylenes is 1. The molecule has 0 aromatic heterocycles. The van der Waals surface area contributed by atoms with Crippen LogP contribution < -0.4 is 0 Å². The standard InChI is InChI=1S/C17H19Cl2FO/c1-2-3-4-5-6-7-9-13(12-21)16(19)14-10-8-11-15(18)17(14)20/h1,8,10-13,16H,3-7,9H2. The van der Waals surface area contributed by atoms with Gasteiger partial charge in [0, 0.05) is 17.9 Å². The lowest BCUT2D eigenvalue weighted by atomic mass is 9.94. The molecule has 0 bridgehead atoms. The summed E-state index contributed by atoms with van der Waals surface area (Å²) >= 11 is 12.0. The maximum atomic E-state index is 13.9. The molecule has 0 spiro atoms. The van der Waals surface area contributed by atoms with Crippen molar-refractivity contribution in [3.8, 4) is 12.3 Å². The Morgan fingerprint density at radius 3 is 2.67 bits per heavy atom. The van der Waals surface area contributed by atoms with Crippen LogP contribution in [-0.4, -0.2) is 6.29 Å². The Hall–Kier alpha value is -1.04. The molecule has 2 unspecified atom stereocenters. The molecule has 4 heteroatoms. The lowest BCUT2D eigenvalue weighted by Crippen LogP contribution is -2.11. The van der Waals surface area contributed by atoms with Gasteiger partial charge in [-0.05, 0) is 18.9 Å². The van der Waals surface area contributed by atoms with E-state index in [-0.39, 0.29) is 10.6 Å². The van der Waals surface area contributed by atoms with Crippen LogP contribution in [0.25, 0.3) is 0 Å². The normalized spacial score (nSPS) is 13.4. The lowest BCUT2D eigenvalue weighted by molar-refractivity contribution is -0.111. The predicted octanol–water partition coefficient (Wildman–Crippen LogP) is 5.55. The van der Waals surface area contributed by atoms with E-state index < -0.39 is 17.1 Å². The third kappa shape index (κ3) is 5.69. The van der Waals surface area contributed by atoms with Crippen molar-refractivity contribution in [3.05, 3.63) is 34.6 Å². The maximum absolute atomic E-state index is 13.9. The number of alkyl halides is 1. The molecular formula is C17H19Cl2FO. The topological polar surface area (TPSA) is 17.1 Å². The Kier molecular flexibility index (Phi) is 8.42. The number of benzene rings is 1. The van der Waals surface area contributed by atoms with E-state index >= 15 is 0 Å². The molecule has 0 saturated heterocycles. The molecule has 0 aliphatic heterocycles. The van der Waals surface area contributed by atoms with Crippen molar-refractivity contribution >= 4 is 29.5 Å². The number of carbonyl (C=O) groups excluding carboxylic acids is 1. The first kappa shape index (κ1) is 18.0. The molecule has 0 heterocycles. The van der Waals surface area contributed by atoms with E-state index in [4.69, 9.17) is 29.6 Å². The molecule has 1 nitrogen and oxygen atoms in total. The van der Waals surface area contributed by atoms with Crippen molar-refractivity contribution in [1.29, 1.82) is 0 Å². The molecule has 0 aliphatic rings. The van der Waals surface area contributed by atoms with Gasteiger partial charge in [-0.1, -0.05) is 43.0 Å². The molecule has 0 saturated carbocycles. The number of unbranched alkanes of at least 4 members (excludes halogenated alkanes) is 4. The van der Waals surface area contributed by atoms with Crippen molar-refractivity contribution in [2.24, 2.45) is 5.92 Å². The smallest absolute Gasteiger partial charge is 0.146 e. The van der Waals surface area contributed by atoms with E-state index in [1.807, 2.05) is 0 Å². The molecule has 0 amide bonds. The maximum Gasteiger partial charge on any atom is 0.146 e. The summed E-state index contributed by atoms with van der Waals surface area (Å²) in [6.07, 6.45) is 11.3. The average molecular weight is 329 g/mol. The highest BCUT2D eigenvalue weighted by Crippen LogP contribution is 2.34. The number of carbonyl (C=O) groups is 1. The fourth-order valence-electron chi connectivity index (χ4n) is 2.21. The van der Waals surface area contributed by atoms with Crippen LogP contribution >= 0.6 is 23.2 Å². The average Bonchev–Trinajstić information content (AvgIpc) is 2.49. The summed E-state index contributed by atoms with van der Waals surface area (Å²) in [4.78, 5) is 11.2. The van der Waals surface area contributed by atoms with Gasteiger partial charge in [0.1, 0.15) is 12.1 Å². The van der Waals surface area contributed by atoms with E-state index in [2.05, 4.69) is 5.92 Å². The largest absolute Gasteiger partial charge is 0.303 e. The summed E-state index contributed by atoms with van der Waals surface area (Å²) in [7, 11) is 0. The first-order valence-corrected chi connectivity index (χ1v) is 7.90. The van der Waals surface area contributed by atoms with Crippen molar-refractivity contribution in [1.82, 2.24) is 0 Å². The van der Waals surface area contributed by atoms with Crippen LogP contribution in [0.1, 0.15) is 49.5 Å². The van der Waals surface area contributed by atoms with Gasteiger partial charge < -0.3 is 4.79 Å². The first-order valence-electron chi connectivity index (χ1n) is 7.08. The third-order valence-corrected chi connectivity index (χ3v) is 4.29. The first-order chi connectivity index (χ1) is 10.1. The molecule has 0 fully saturated rings. The van der Waals surface area contributed by atoms with E-state index in [0.29, 0.717) is 6.42 Å². The Bertz CT molecular complexity index is 496. The SMILES string of the molecule is C#CCCCCCCC(C=O)C(Cl)c1cccc(Cl)c1F. The summed E-state index contributed by atoms with van der Waals surface area (Å²) in [5.74, 6) is 1.65. The van der Waals surface area contributed by atoms with Crippen molar-refractivity contribution < 1.29 is 9.18 Å². The Morgan fingerprint density at radius 1 is 1.29 bits per heavy atom. The Labute approximate surface area is 135 Å². The molecule has 0 radical (unpaired) electrons. The summed E-state index contributed by atoms with van der Waals surface area (Å²) in [5.41, 5.74) is 0.286. The van der Waals surface area contributed by atoms with Gasteiger partial charge in [-0.2, -0.15) is 0 Å². The zero-order chi connectivity index (χ0) is 15.7. The zero-order valence-corrected chi connectivity index (χ0v) is 13.3. The molecule has 1 aromatic rings. The molecule has 21 heavy (non-hydrogen) atoms. The molecular weight excluding hydrogens is 310 g/mol. The second-order valence-corrected chi connectivity index (χ2v) is 5.88. The highest BCUT2D eigenvalue weighted by molar-refractivity contribution is 6.31. The summed E-state index contributed by atoms with van der Waals surface area (Å²) in [5, 5.41) is -0.663. The molecule has 2 atom stereocenters. The van der Waals surface area contributed by atoms with Gasteiger partial charge >= 0.3 is 0 Å². The highest BCUT2D eigenvalue weighted by Gasteiger charge is 2.23. The van der Waals surface area contributed by atoms with Crippen LogP contribution in [0.4, 0.5) is 4.39 Å². The minimum absolute atomic E-state index is 0.0251. The van der Waals surface area contributed by atoms with E-state index in [9.17, 15) is 9.18 Å². The van der Waals surface area contributed by atoms with Crippen molar-refractivity contribution in [3.63, 3.8) is 0 Å². The number of hydrogen-bond acceptors (Lipinski definition) is 1. The van der Waals surface area contributed by atoms with Gasteiger partial charge in [0.2, 0.25) is 0 Å². The van der Waals surface area contributed by atoms with Crippen LogP contribution in [0, 0.1) is 24.1 Å². The summed E-state index contributed by atoms with van der Waals surface area (Å²) in [6, 6.07) is 4.67. The van der Waals surface area contributed by atoms with Crippen LogP contribution in [-0.2, 0) is 4.79 Å². The number of halogens is 3. The lowest BCUT2D eigenvalue weighted by Gasteiger charge is -2.18. The van der Waals surface area contributed by atoms with Crippen molar-refractivity contribution in [2.45, 2.75) is 43.9 Å². The van der Waals surface area contributed by atoms with Gasteiger partial charge in [0.25, 0.3) is 0 Å². The van der Waals surface area contributed by atoms with Gasteiger partial charge in [-0.25, -0.2) is 4.39 Å². The van der Waals surface area contributed by atoms with Crippen LogP contribution in [0.15, 0.2) is 18.2 Å². The van der Waals surface area contributed by atoms with E-state index in [1.54, 1.807) is 12.1 Å². The second kappa shape index (κ2) is 9.82. The van der Waals surface area contributed by atoms with Gasteiger partial charge in [0.05, 0.1) is 10.4 Å². The van der Waals surface area contributed by atoms with Crippen LogP contribution in [0.5, 0.6) is 0 Å². The molecule has 114 valence electrons. The van der Waals surface area contributed by atoms with Crippen LogP contribution in [0.2, 0.25) is 5.02 Å². The van der Waals surface area contributed by atoms with Gasteiger partial charge in [0.15, 0.2) is 0 Å². The second-order valence-electron chi connectivity index (χ2n) is 5.00. The van der Waals surface area contributed by atoms with E-state index in [1.165, 1.54) is 6.07 Å². The zero-order valence-electron chi connectivity index (χ0n) is 11.8. The predicted molar refractivity (Wildman–Crippen MR) is 86.1 cm³/mol. The molecule has 0 N–H and O–H groups in total. The van der Waals surface area contributed by atoms with E-state index in [0.717, 1.165) is 38.4 Å². The minimum atomic E-state index is -0.688. The minimum Gasteiger partial charge on any atom is -0.303 e. The highest BCUT2D eigenvalue weighted by atomic mass is 35.5. The van der Waals surface area contributed by atoms with Gasteiger partial charge in [-0.15, -0.1) is 23.9 Å². The number of aldehydes is 1. The molecule has 1 rings (SSSR count). The van der Waals surface area contributed by atoms with Crippen LogP contribution in [0.3, 0.4) is 0 Å². The fraction of sp³-hybridized carbons (Fsp3) is 0.471. The fourth-order valence-corrected chi connectivity index (χ4v) is 2.74. The molecule has 1 aromatic carbocycles. The number of rotatable bonds is 9. The molecule has 0 aliphatic carbocycles. The number of hydrogen-bond donors (Lipinski definition) is 0. The monoisotopic (exact) mass is 328 g/mol.